The fourth-order valence-corrected chi connectivity index (χ4v) is 8.10. The first-order chi connectivity index (χ1) is 33.6. The van der Waals surface area contributed by atoms with E-state index in [9.17, 15) is 28.8 Å². The van der Waals surface area contributed by atoms with Crippen LogP contribution in [0, 0.1) is 0 Å². The third-order valence-corrected chi connectivity index (χ3v) is 12.6. The minimum atomic E-state index is -0.639. The predicted octanol–water partition coefficient (Wildman–Crippen LogP) is 6.18. The molecule has 0 saturated carbocycles. The van der Waals surface area contributed by atoms with Crippen LogP contribution in [-0.2, 0) is 35.4 Å². The van der Waals surface area contributed by atoms with Crippen LogP contribution >= 0.6 is 31.9 Å². The van der Waals surface area contributed by atoms with E-state index in [2.05, 4.69) is 92.7 Å². The molecule has 2 aromatic heterocycles. The number of aldehydes is 1. The van der Waals surface area contributed by atoms with Crippen LogP contribution in [0.1, 0.15) is 122 Å². The van der Waals surface area contributed by atoms with Crippen molar-refractivity contribution in [1.29, 1.82) is 0 Å². The Bertz CT molecular complexity index is 2270. The molecule has 1 N–H and O–H groups in total. The van der Waals surface area contributed by atoms with Crippen molar-refractivity contribution in [1.82, 2.24) is 30.0 Å². The molecule has 4 heterocycles. The van der Waals surface area contributed by atoms with Gasteiger partial charge in [-0.05, 0) is 126 Å². The van der Waals surface area contributed by atoms with Crippen LogP contribution in [0.2, 0.25) is 0 Å². The second kappa shape index (κ2) is 37.0. The molecular weight excluding hydrogens is 1050 g/mol. The maximum absolute atomic E-state index is 12.5. The first-order valence-electron chi connectivity index (χ1n) is 23.1. The molecule has 0 unspecified atom stereocenters. The summed E-state index contributed by atoms with van der Waals surface area (Å²) in [4.78, 5) is 85.6. The number of halogens is 2. The maximum Gasteiger partial charge on any atom is 1.00 e. The van der Waals surface area contributed by atoms with Crippen LogP contribution in [0.15, 0.2) is 109 Å². The van der Waals surface area contributed by atoms with Crippen molar-refractivity contribution in [2.45, 2.75) is 80.7 Å². The number of likely N-dealkylation sites (tertiary alicyclic amines) is 1. The number of nitrogens with one attached hydrogen (secondary N) is 1. The number of carbonyl (C=O) groups excluding carboxylic acids is 6. The fourth-order valence-electron chi connectivity index (χ4n) is 6.77. The number of benzene rings is 2. The summed E-state index contributed by atoms with van der Waals surface area (Å²) in [6, 6.07) is 23.5. The van der Waals surface area contributed by atoms with Crippen LogP contribution in [0.25, 0.3) is 8.96 Å². The largest absolute Gasteiger partial charge is 1.00 e. The second-order valence-corrected chi connectivity index (χ2v) is 17.1. The first kappa shape index (κ1) is 64.2. The zero-order valence-corrected chi connectivity index (χ0v) is 47.4. The standard InChI is InChI=1S/C23H28BrN3O.C17H23BrN2O.C6H5NO.C4H6O4.C2H3BO2.Na/c1-3-27(4-2)23(28)21-9-7-19(8-10-21)22(24)20-11-14-26(15-12-20)17-18-6-5-13-25-16-18;1-3-20(4-2)17(21)15-7-5-13(6-8-15)16(18)14-9-11-19-12-10-14;8-5-6-2-1-3-7-4-6;1-3(5)7-8-4(2)6;1-2(4)5-3;/h5-10,13,16H,3-4,11-12,14-15,17H2,1-2H3;5-8,19H,3-4,9-12H2,1-2H3;1-5H;1-2H3;1H3;/q;;;;-1;+1. The molecule has 2 fully saturated rings. The zero-order valence-electron chi connectivity index (χ0n) is 42.3. The van der Waals surface area contributed by atoms with Gasteiger partial charge < -0.3 is 27.8 Å². The molecule has 3 radical (unpaired) electrons. The van der Waals surface area contributed by atoms with Crippen LogP contribution in [-0.4, -0.2) is 121 Å². The summed E-state index contributed by atoms with van der Waals surface area (Å²) in [5.41, 5.74) is 8.61. The van der Waals surface area contributed by atoms with Crippen molar-refractivity contribution >= 4 is 84.9 Å². The molecular formula is C52H65BBr2N6NaO9. The number of hydrogen-bond donors (Lipinski definition) is 1. The third-order valence-electron chi connectivity index (χ3n) is 10.6. The molecule has 2 aliphatic heterocycles. The Morgan fingerprint density at radius 1 is 0.634 bits per heavy atom. The van der Waals surface area contributed by atoms with Gasteiger partial charge in [0.2, 0.25) is 5.97 Å². The molecule has 2 aromatic carbocycles. The van der Waals surface area contributed by atoms with E-state index in [1.54, 1.807) is 18.3 Å². The van der Waals surface area contributed by atoms with Gasteiger partial charge in [-0.15, -0.1) is 0 Å². The minimum absolute atomic E-state index is 0. The number of pyridine rings is 2. The smallest absolute Gasteiger partial charge is 0.793 e. The van der Waals surface area contributed by atoms with Gasteiger partial charge in [-0.25, -0.2) is 19.4 Å². The van der Waals surface area contributed by atoms with Gasteiger partial charge in [0.25, 0.3) is 11.8 Å². The normalized spacial score (nSPS) is 12.5. The van der Waals surface area contributed by atoms with Gasteiger partial charge in [0.05, 0.1) is 0 Å². The monoisotopic (exact) mass is 1110 g/mol. The Hall–Kier alpha value is -4.82. The van der Waals surface area contributed by atoms with Crippen LogP contribution in [0.5, 0.6) is 0 Å². The van der Waals surface area contributed by atoms with Crippen LogP contribution in [0.3, 0.4) is 0 Å². The van der Waals surface area contributed by atoms with Gasteiger partial charge in [0, 0.05) is 117 Å². The number of carbonyl (C=O) groups is 6. The number of amides is 2. The van der Waals surface area contributed by atoms with E-state index < -0.39 is 17.9 Å². The van der Waals surface area contributed by atoms with Gasteiger partial charge in [-0.3, -0.25) is 34.0 Å². The van der Waals surface area contributed by atoms with E-state index in [-0.39, 0.29) is 41.4 Å². The Kier molecular flexibility index (Phi) is 33.5. The van der Waals surface area contributed by atoms with E-state index in [0.29, 0.717) is 5.56 Å². The molecule has 6 rings (SSSR count). The summed E-state index contributed by atoms with van der Waals surface area (Å²) in [5, 5.41) is 3.37. The summed E-state index contributed by atoms with van der Waals surface area (Å²) in [6.45, 7) is 19.7. The third kappa shape index (κ3) is 24.9. The van der Waals surface area contributed by atoms with Crippen molar-refractivity contribution in [3.63, 3.8) is 0 Å². The molecule has 2 saturated heterocycles. The van der Waals surface area contributed by atoms with E-state index in [1.165, 1.54) is 38.8 Å². The van der Waals surface area contributed by atoms with Gasteiger partial charge in [-0.2, -0.15) is 0 Å². The summed E-state index contributed by atoms with van der Waals surface area (Å²) in [5.74, 6) is -1.54. The minimum Gasteiger partial charge on any atom is -0.793 e. The zero-order chi connectivity index (χ0) is 51.8. The predicted molar refractivity (Wildman–Crippen MR) is 281 cm³/mol. The summed E-state index contributed by atoms with van der Waals surface area (Å²) in [6.07, 6.45) is 12.0. The maximum atomic E-state index is 12.5. The quantitative estimate of drug-likeness (QED) is 0.0781. The molecule has 375 valence electrons. The van der Waals surface area contributed by atoms with Crippen molar-refractivity contribution in [2.75, 3.05) is 52.4 Å². The SMILES string of the molecule is CC(=O)OOC(C)=O.CCN(CC)C(=O)c1ccc(C(Br)=C2CCN(Cc3cccnc3)CC2)cc1.CCN(CC)C(=O)c1ccc(C(Br)=C2CCNCC2)cc1.O=Cc1cccnc1.[B-]OC(C)=O.[Na+]. The number of piperidine rings is 2. The number of nitrogens with zero attached hydrogens (tertiary/aromatic N) is 5. The van der Waals surface area contributed by atoms with Gasteiger partial charge >= 0.3 is 41.5 Å². The van der Waals surface area contributed by atoms with E-state index in [0.717, 1.165) is 127 Å². The molecule has 0 atom stereocenters. The van der Waals surface area contributed by atoms with Crippen molar-refractivity contribution in [2.24, 2.45) is 0 Å². The molecule has 0 aliphatic carbocycles. The fraction of sp³-hybridized carbons (Fsp3) is 0.385. The number of aromatic nitrogens is 2. The van der Waals surface area contributed by atoms with Crippen LogP contribution < -0.4 is 34.9 Å². The Morgan fingerprint density at radius 3 is 1.35 bits per heavy atom. The molecule has 15 nitrogen and oxygen atoms in total. The van der Waals surface area contributed by atoms with Crippen LogP contribution in [0.4, 0.5) is 0 Å². The Labute approximate surface area is 459 Å². The Morgan fingerprint density at radius 2 is 1.03 bits per heavy atom. The summed E-state index contributed by atoms with van der Waals surface area (Å²) < 4.78 is 5.97. The number of hydrogen-bond acceptors (Lipinski definition) is 13. The second-order valence-electron chi connectivity index (χ2n) is 15.5. The van der Waals surface area contributed by atoms with E-state index in [1.807, 2.05) is 92.4 Å². The van der Waals surface area contributed by atoms with Gasteiger partial charge in [0.1, 0.15) is 0 Å². The molecule has 4 aromatic rings. The first-order valence-corrected chi connectivity index (χ1v) is 24.7. The average molecular weight is 1110 g/mol. The number of rotatable bonds is 11. The molecule has 71 heavy (non-hydrogen) atoms. The molecule has 2 aliphatic rings. The molecule has 0 spiro atoms. The summed E-state index contributed by atoms with van der Waals surface area (Å²) >= 11 is 7.53. The van der Waals surface area contributed by atoms with Crippen molar-refractivity contribution in [3.05, 3.63) is 142 Å². The molecule has 19 heteroatoms. The van der Waals surface area contributed by atoms with E-state index in [4.69, 9.17) is 0 Å². The topological polar surface area (TPSA) is 178 Å². The average Bonchev–Trinajstić information content (AvgIpc) is 3.40. The van der Waals surface area contributed by atoms with E-state index >= 15 is 0 Å². The van der Waals surface area contributed by atoms with Crippen molar-refractivity contribution < 1.29 is 72.8 Å². The van der Waals surface area contributed by atoms with Gasteiger partial charge in [0.15, 0.2) is 6.29 Å². The van der Waals surface area contributed by atoms with Gasteiger partial charge in [-0.1, -0.05) is 73.3 Å². The Balaban J connectivity index is 0.000000510. The summed E-state index contributed by atoms with van der Waals surface area (Å²) in [7, 11) is 4.32. The molecule has 2 amide bonds. The molecule has 0 bridgehead atoms. The van der Waals surface area contributed by atoms with Crippen molar-refractivity contribution in [3.8, 4) is 0 Å².